The van der Waals surface area contributed by atoms with Gasteiger partial charge in [-0.25, -0.2) is 9.78 Å². The van der Waals surface area contributed by atoms with Crippen LogP contribution in [0.3, 0.4) is 0 Å². The van der Waals surface area contributed by atoms with Crippen molar-refractivity contribution in [3.05, 3.63) is 59.9 Å². The van der Waals surface area contributed by atoms with Gasteiger partial charge >= 0.3 is 6.03 Å². The van der Waals surface area contributed by atoms with Crippen LogP contribution in [0, 0.1) is 0 Å². The molecule has 2 heterocycles. The summed E-state index contributed by atoms with van der Waals surface area (Å²) < 4.78 is 7.12. The molecule has 0 aliphatic carbocycles. The first-order valence-corrected chi connectivity index (χ1v) is 8.21. The Morgan fingerprint density at radius 2 is 2.00 bits per heavy atom. The van der Waals surface area contributed by atoms with Crippen LogP contribution >= 0.6 is 0 Å². The first-order valence-electron chi connectivity index (χ1n) is 8.21. The Morgan fingerprint density at radius 1 is 1.20 bits per heavy atom. The van der Waals surface area contributed by atoms with E-state index in [1.807, 2.05) is 41.9 Å². The molecule has 6 heteroatoms. The minimum atomic E-state index is -0.172. The molecular formula is C19H22N4O2. The zero-order chi connectivity index (χ0) is 17.6. The molecule has 0 unspecified atom stereocenters. The van der Waals surface area contributed by atoms with Gasteiger partial charge in [0.05, 0.1) is 7.11 Å². The summed E-state index contributed by atoms with van der Waals surface area (Å²) in [7, 11) is 3.61. The minimum absolute atomic E-state index is 0.172. The average Bonchev–Trinajstić information content (AvgIpc) is 2.97. The Morgan fingerprint density at radius 3 is 2.76 bits per heavy atom. The third-order valence-electron chi connectivity index (χ3n) is 4.11. The van der Waals surface area contributed by atoms with Crippen molar-refractivity contribution < 1.29 is 9.53 Å². The molecule has 0 fully saturated rings. The standard InChI is InChI=1S/C19H22N4O2/c1-23-13-15(17-4-3-10-20-18(17)23)9-11-21-19(24)22-12-14-5-7-16(25-2)8-6-14/h3-8,10,13H,9,11-12H2,1-2H3,(H2,21,22,24). The number of ether oxygens (including phenoxy) is 1. The lowest BCUT2D eigenvalue weighted by atomic mass is 10.1. The molecule has 0 atom stereocenters. The van der Waals surface area contributed by atoms with E-state index in [0.29, 0.717) is 13.1 Å². The fourth-order valence-corrected chi connectivity index (χ4v) is 2.79. The normalized spacial score (nSPS) is 10.6. The molecule has 1 aromatic carbocycles. The number of hydrogen-bond acceptors (Lipinski definition) is 3. The topological polar surface area (TPSA) is 68.2 Å². The van der Waals surface area contributed by atoms with Crippen LogP contribution in [0.15, 0.2) is 48.8 Å². The van der Waals surface area contributed by atoms with Gasteiger partial charge in [0.25, 0.3) is 0 Å². The zero-order valence-corrected chi connectivity index (χ0v) is 14.5. The summed E-state index contributed by atoms with van der Waals surface area (Å²) in [6.07, 6.45) is 4.62. The predicted octanol–water partition coefficient (Wildman–Crippen LogP) is 2.62. The van der Waals surface area contributed by atoms with Crippen LogP contribution < -0.4 is 15.4 Å². The Labute approximate surface area is 146 Å². The summed E-state index contributed by atoms with van der Waals surface area (Å²) in [5, 5.41) is 6.88. The van der Waals surface area contributed by atoms with E-state index in [9.17, 15) is 4.79 Å². The lowest BCUT2D eigenvalue weighted by Gasteiger charge is -2.08. The molecule has 0 aliphatic rings. The van der Waals surface area contributed by atoms with E-state index in [1.54, 1.807) is 13.3 Å². The molecule has 0 saturated carbocycles. The summed E-state index contributed by atoms with van der Waals surface area (Å²) in [5.74, 6) is 0.803. The monoisotopic (exact) mass is 338 g/mol. The van der Waals surface area contributed by atoms with Crippen molar-refractivity contribution in [3.63, 3.8) is 0 Å². The Bertz CT molecular complexity index is 855. The number of aromatic nitrogens is 2. The quantitative estimate of drug-likeness (QED) is 0.726. The summed E-state index contributed by atoms with van der Waals surface area (Å²) in [6.45, 7) is 1.05. The summed E-state index contributed by atoms with van der Waals surface area (Å²) in [6, 6.07) is 11.4. The van der Waals surface area contributed by atoms with Crippen LogP contribution in [0.4, 0.5) is 4.79 Å². The highest BCUT2D eigenvalue weighted by atomic mass is 16.5. The molecule has 130 valence electrons. The molecule has 6 nitrogen and oxygen atoms in total. The van der Waals surface area contributed by atoms with Gasteiger partial charge in [0.2, 0.25) is 0 Å². The lowest BCUT2D eigenvalue weighted by molar-refractivity contribution is 0.240. The minimum Gasteiger partial charge on any atom is -0.497 e. The van der Waals surface area contributed by atoms with Gasteiger partial charge in [-0.3, -0.25) is 0 Å². The summed E-state index contributed by atoms with van der Waals surface area (Å²) in [5.41, 5.74) is 3.17. The molecule has 2 aromatic heterocycles. The highest BCUT2D eigenvalue weighted by Crippen LogP contribution is 2.18. The molecule has 0 spiro atoms. The number of rotatable bonds is 6. The van der Waals surface area contributed by atoms with Gasteiger partial charge in [-0.15, -0.1) is 0 Å². The van der Waals surface area contributed by atoms with Crippen molar-refractivity contribution in [2.45, 2.75) is 13.0 Å². The number of fused-ring (bicyclic) bond motifs is 1. The van der Waals surface area contributed by atoms with Crippen LogP contribution in [-0.4, -0.2) is 29.2 Å². The number of nitrogens with one attached hydrogen (secondary N) is 2. The molecule has 0 bridgehead atoms. The summed E-state index contributed by atoms with van der Waals surface area (Å²) >= 11 is 0. The maximum atomic E-state index is 11.9. The average molecular weight is 338 g/mol. The molecule has 2 amide bonds. The number of urea groups is 1. The second-order valence-electron chi connectivity index (χ2n) is 5.85. The van der Waals surface area contributed by atoms with E-state index in [0.717, 1.165) is 28.8 Å². The van der Waals surface area contributed by atoms with Crippen molar-refractivity contribution in [2.24, 2.45) is 7.05 Å². The molecular weight excluding hydrogens is 316 g/mol. The van der Waals surface area contributed by atoms with Crippen molar-refractivity contribution in [2.75, 3.05) is 13.7 Å². The van der Waals surface area contributed by atoms with Gasteiger partial charge in [0, 0.05) is 37.9 Å². The number of pyridine rings is 1. The van der Waals surface area contributed by atoms with E-state index in [4.69, 9.17) is 4.74 Å². The molecule has 0 aliphatic heterocycles. The first-order chi connectivity index (χ1) is 12.2. The number of methoxy groups -OCH3 is 1. The van der Waals surface area contributed by atoms with Gasteiger partial charge in [-0.1, -0.05) is 12.1 Å². The van der Waals surface area contributed by atoms with Crippen molar-refractivity contribution in [3.8, 4) is 5.75 Å². The van der Waals surface area contributed by atoms with E-state index in [-0.39, 0.29) is 6.03 Å². The van der Waals surface area contributed by atoms with E-state index in [2.05, 4.69) is 27.9 Å². The number of aryl methyl sites for hydroxylation is 1. The predicted molar refractivity (Wildman–Crippen MR) is 97.7 cm³/mol. The van der Waals surface area contributed by atoms with E-state index < -0.39 is 0 Å². The maximum Gasteiger partial charge on any atom is 0.315 e. The number of carbonyl (C=O) groups is 1. The van der Waals surface area contributed by atoms with Crippen LogP contribution in [0.25, 0.3) is 11.0 Å². The van der Waals surface area contributed by atoms with Crippen molar-refractivity contribution in [1.82, 2.24) is 20.2 Å². The van der Waals surface area contributed by atoms with Gasteiger partial charge in [-0.05, 0) is 41.8 Å². The fraction of sp³-hybridized carbons (Fsp3) is 0.263. The number of nitrogens with zero attached hydrogens (tertiary/aromatic N) is 2. The van der Waals surface area contributed by atoms with Crippen LogP contribution in [0.1, 0.15) is 11.1 Å². The maximum absolute atomic E-state index is 11.9. The van der Waals surface area contributed by atoms with Crippen LogP contribution in [0.5, 0.6) is 5.75 Å². The van der Waals surface area contributed by atoms with Gasteiger partial charge in [-0.2, -0.15) is 0 Å². The van der Waals surface area contributed by atoms with Gasteiger partial charge < -0.3 is 19.9 Å². The highest BCUT2D eigenvalue weighted by Gasteiger charge is 2.07. The summed E-state index contributed by atoms with van der Waals surface area (Å²) in [4.78, 5) is 16.3. The van der Waals surface area contributed by atoms with Gasteiger partial charge in [0.1, 0.15) is 11.4 Å². The Kier molecular flexibility index (Phi) is 5.18. The Hall–Kier alpha value is -3.02. The van der Waals surface area contributed by atoms with Crippen molar-refractivity contribution in [1.29, 1.82) is 0 Å². The molecule has 2 N–H and O–H groups in total. The second-order valence-corrected chi connectivity index (χ2v) is 5.85. The highest BCUT2D eigenvalue weighted by molar-refractivity contribution is 5.80. The third kappa shape index (κ3) is 4.09. The smallest absolute Gasteiger partial charge is 0.315 e. The van der Waals surface area contributed by atoms with E-state index in [1.165, 1.54) is 5.56 Å². The number of carbonyl (C=O) groups excluding carboxylic acids is 1. The number of amides is 2. The fourth-order valence-electron chi connectivity index (χ4n) is 2.79. The molecule has 25 heavy (non-hydrogen) atoms. The van der Waals surface area contributed by atoms with E-state index >= 15 is 0 Å². The van der Waals surface area contributed by atoms with Crippen molar-refractivity contribution >= 4 is 17.1 Å². The third-order valence-corrected chi connectivity index (χ3v) is 4.11. The molecule has 3 aromatic rings. The SMILES string of the molecule is COc1ccc(CNC(=O)NCCc2cn(C)c3ncccc23)cc1. The Balaban J connectivity index is 1.47. The van der Waals surface area contributed by atoms with Gasteiger partial charge in [0.15, 0.2) is 0 Å². The number of hydrogen-bond donors (Lipinski definition) is 2. The van der Waals surface area contributed by atoms with Crippen LogP contribution in [0.2, 0.25) is 0 Å². The zero-order valence-electron chi connectivity index (χ0n) is 14.5. The number of benzene rings is 1. The molecule has 0 radical (unpaired) electrons. The lowest BCUT2D eigenvalue weighted by Crippen LogP contribution is -2.36. The largest absolute Gasteiger partial charge is 0.497 e. The van der Waals surface area contributed by atoms with Crippen LogP contribution in [-0.2, 0) is 20.0 Å². The first kappa shape index (κ1) is 16.8. The molecule has 3 rings (SSSR count). The molecule has 0 saturated heterocycles. The second kappa shape index (κ2) is 7.70.